The summed E-state index contributed by atoms with van der Waals surface area (Å²) in [6.07, 6.45) is 3.76. The first-order chi connectivity index (χ1) is 16.3. The topological polar surface area (TPSA) is 38.1 Å². The van der Waals surface area contributed by atoms with Crippen LogP contribution in [0.25, 0.3) is 53.2 Å². The van der Waals surface area contributed by atoms with E-state index in [4.69, 9.17) is 4.42 Å². The normalized spacial score (nSPS) is 11.6. The Hall–Kier alpha value is -4.15. The molecule has 0 saturated heterocycles. The lowest BCUT2D eigenvalue weighted by atomic mass is 10.0. The summed E-state index contributed by atoms with van der Waals surface area (Å²) in [6, 6.07) is 31.7. The van der Waals surface area contributed by atoms with Gasteiger partial charge < -0.3 is 9.73 Å². The summed E-state index contributed by atoms with van der Waals surface area (Å²) in [6.45, 7) is 0. The van der Waals surface area contributed by atoms with Gasteiger partial charge in [0.15, 0.2) is 0 Å². The number of anilines is 2. The van der Waals surface area contributed by atoms with Crippen molar-refractivity contribution >= 4 is 64.8 Å². The maximum Gasteiger partial charge on any atom is 0.146 e. The first kappa shape index (κ1) is 18.4. The molecule has 3 heterocycles. The SMILES string of the molecule is c1ccc2c(c1)oc1c(-c3ccc(Nc4ccc5sc6ccccc6c5c4)cc3)cncc12. The Balaban J connectivity index is 1.24. The predicted molar refractivity (Wildman–Crippen MR) is 140 cm³/mol. The van der Waals surface area contributed by atoms with Gasteiger partial charge in [0.2, 0.25) is 0 Å². The molecule has 0 spiro atoms. The van der Waals surface area contributed by atoms with E-state index in [1.807, 2.05) is 41.9 Å². The fraction of sp³-hybridized carbons (Fsp3) is 0. The van der Waals surface area contributed by atoms with E-state index in [1.165, 1.54) is 20.2 Å². The van der Waals surface area contributed by atoms with Crippen molar-refractivity contribution in [1.29, 1.82) is 0 Å². The van der Waals surface area contributed by atoms with Crippen LogP contribution in [0.5, 0.6) is 0 Å². The Morgan fingerprint density at radius 1 is 0.636 bits per heavy atom. The third kappa shape index (κ3) is 2.99. The number of fused-ring (bicyclic) bond motifs is 6. The van der Waals surface area contributed by atoms with Crippen LogP contribution >= 0.6 is 11.3 Å². The van der Waals surface area contributed by atoms with Gasteiger partial charge in [-0.2, -0.15) is 0 Å². The highest BCUT2D eigenvalue weighted by molar-refractivity contribution is 7.25. The number of furan rings is 1. The second-order valence-electron chi connectivity index (χ2n) is 8.17. The highest BCUT2D eigenvalue weighted by atomic mass is 32.1. The van der Waals surface area contributed by atoms with Crippen LogP contribution in [0.1, 0.15) is 0 Å². The molecule has 33 heavy (non-hydrogen) atoms. The Morgan fingerprint density at radius 3 is 2.30 bits per heavy atom. The third-order valence-corrected chi connectivity index (χ3v) is 7.30. The van der Waals surface area contributed by atoms with Gasteiger partial charge in [0.05, 0.1) is 0 Å². The van der Waals surface area contributed by atoms with Crippen LogP contribution in [0.2, 0.25) is 0 Å². The van der Waals surface area contributed by atoms with Crippen molar-refractivity contribution < 1.29 is 4.42 Å². The van der Waals surface area contributed by atoms with Crippen molar-refractivity contribution in [3.8, 4) is 11.1 Å². The number of para-hydroxylation sites is 1. The van der Waals surface area contributed by atoms with Crippen LogP contribution in [0, 0.1) is 0 Å². The minimum atomic E-state index is 0.877. The quantitative estimate of drug-likeness (QED) is 0.297. The van der Waals surface area contributed by atoms with Gasteiger partial charge in [0.25, 0.3) is 0 Å². The predicted octanol–water partition coefficient (Wildman–Crippen LogP) is 8.76. The molecule has 0 saturated carbocycles. The van der Waals surface area contributed by atoms with E-state index in [2.05, 4.69) is 83.1 Å². The van der Waals surface area contributed by atoms with E-state index >= 15 is 0 Å². The lowest BCUT2D eigenvalue weighted by Gasteiger charge is -2.08. The van der Waals surface area contributed by atoms with Crippen LogP contribution < -0.4 is 5.32 Å². The number of thiophene rings is 1. The van der Waals surface area contributed by atoms with Crippen LogP contribution in [0.15, 0.2) is 108 Å². The van der Waals surface area contributed by atoms with Gasteiger partial charge in [0, 0.05) is 60.3 Å². The molecule has 0 aliphatic carbocycles. The van der Waals surface area contributed by atoms with Crippen molar-refractivity contribution in [1.82, 2.24) is 4.98 Å². The highest BCUT2D eigenvalue weighted by Crippen LogP contribution is 2.37. The molecule has 0 radical (unpaired) electrons. The maximum absolute atomic E-state index is 6.18. The molecule has 3 nitrogen and oxygen atoms in total. The number of nitrogens with zero attached hydrogens (tertiary/aromatic N) is 1. The van der Waals surface area contributed by atoms with Gasteiger partial charge in [-0.3, -0.25) is 4.98 Å². The molecule has 0 aliphatic rings. The second-order valence-corrected chi connectivity index (χ2v) is 9.26. The van der Waals surface area contributed by atoms with Gasteiger partial charge in [-0.05, 0) is 48.0 Å². The molecule has 0 fully saturated rings. The minimum absolute atomic E-state index is 0.877. The summed E-state index contributed by atoms with van der Waals surface area (Å²) < 4.78 is 8.81. The van der Waals surface area contributed by atoms with Gasteiger partial charge in [-0.15, -0.1) is 11.3 Å². The molecule has 7 aromatic rings. The van der Waals surface area contributed by atoms with Gasteiger partial charge in [0.1, 0.15) is 11.2 Å². The summed E-state index contributed by atoms with van der Waals surface area (Å²) in [5.41, 5.74) is 5.97. The molecule has 0 bridgehead atoms. The summed E-state index contributed by atoms with van der Waals surface area (Å²) in [4.78, 5) is 4.48. The molecule has 4 heteroatoms. The number of aromatic nitrogens is 1. The summed E-state index contributed by atoms with van der Waals surface area (Å²) in [5, 5.41) is 8.29. The minimum Gasteiger partial charge on any atom is -0.455 e. The fourth-order valence-electron chi connectivity index (χ4n) is 4.55. The van der Waals surface area contributed by atoms with Gasteiger partial charge >= 0.3 is 0 Å². The summed E-state index contributed by atoms with van der Waals surface area (Å²) in [7, 11) is 0. The lowest BCUT2D eigenvalue weighted by molar-refractivity contribution is 0.669. The first-order valence-corrected chi connectivity index (χ1v) is 11.7. The van der Waals surface area contributed by atoms with Crippen LogP contribution in [-0.4, -0.2) is 4.98 Å². The standard InChI is InChI=1S/C29H18N2OS/c1-3-7-26-21(5-1)25-17-30-16-24(29(25)32-26)18-9-11-19(12-10-18)31-20-13-14-28-23(15-20)22-6-2-4-8-27(22)33-28/h1-17,31H. The zero-order valence-corrected chi connectivity index (χ0v) is 18.4. The molecular formula is C29H18N2OS. The number of nitrogens with one attached hydrogen (secondary N) is 1. The lowest BCUT2D eigenvalue weighted by Crippen LogP contribution is -1.90. The molecule has 7 rings (SSSR count). The second kappa shape index (κ2) is 7.19. The van der Waals surface area contributed by atoms with Crippen molar-refractivity contribution in [3.63, 3.8) is 0 Å². The molecule has 0 aliphatic heterocycles. The van der Waals surface area contributed by atoms with E-state index in [9.17, 15) is 0 Å². The molecule has 3 aromatic heterocycles. The van der Waals surface area contributed by atoms with Crippen LogP contribution in [0.4, 0.5) is 11.4 Å². The van der Waals surface area contributed by atoms with Crippen molar-refractivity contribution in [2.45, 2.75) is 0 Å². The number of hydrogen-bond donors (Lipinski definition) is 1. The average Bonchev–Trinajstić information content (AvgIpc) is 3.43. The van der Waals surface area contributed by atoms with E-state index in [0.29, 0.717) is 0 Å². The third-order valence-electron chi connectivity index (χ3n) is 6.15. The van der Waals surface area contributed by atoms with Crippen molar-refractivity contribution in [2.75, 3.05) is 5.32 Å². The largest absolute Gasteiger partial charge is 0.455 e. The number of rotatable bonds is 3. The van der Waals surface area contributed by atoms with E-state index in [1.54, 1.807) is 0 Å². The van der Waals surface area contributed by atoms with Crippen LogP contribution in [-0.2, 0) is 0 Å². The smallest absolute Gasteiger partial charge is 0.146 e. The zero-order valence-electron chi connectivity index (χ0n) is 17.6. The van der Waals surface area contributed by atoms with E-state index in [-0.39, 0.29) is 0 Å². The summed E-state index contributed by atoms with van der Waals surface area (Å²) >= 11 is 1.84. The van der Waals surface area contributed by atoms with Gasteiger partial charge in [-0.25, -0.2) is 0 Å². The Kier molecular flexibility index (Phi) is 4.01. The Morgan fingerprint density at radius 2 is 1.39 bits per heavy atom. The monoisotopic (exact) mass is 442 g/mol. The van der Waals surface area contributed by atoms with E-state index < -0.39 is 0 Å². The van der Waals surface area contributed by atoms with Crippen molar-refractivity contribution in [2.24, 2.45) is 0 Å². The van der Waals surface area contributed by atoms with Crippen molar-refractivity contribution in [3.05, 3.63) is 103 Å². The number of benzene rings is 4. The maximum atomic E-state index is 6.18. The van der Waals surface area contributed by atoms with Gasteiger partial charge in [-0.1, -0.05) is 48.5 Å². The number of pyridine rings is 1. The highest BCUT2D eigenvalue weighted by Gasteiger charge is 2.12. The van der Waals surface area contributed by atoms with E-state index in [0.717, 1.165) is 44.4 Å². The molecule has 1 N–H and O–H groups in total. The molecule has 4 aromatic carbocycles. The first-order valence-electron chi connectivity index (χ1n) is 10.9. The molecule has 0 amide bonds. The molecule has 156 valence electrons. The molecular weight excluding hydrogens is 424 g/mol. The Bertz CT molecular complexity index is 1790. The molecule has 0 atom stereocenters. The zero-order chi connectivity index (χ0) is 21.8. The Labute approximate surface area is 193 Å². The van der Waals surface area contributed by atoms with Crippen LogP contribution in [0.3, 0.4) is 0 Å². The number of hydrogen-bond acceptors (Lipinski definition) is 4. The summed E-state index contributed by atoms with van der Waals surface area (Å²) in [5.74, 6) is 0. The average molecular weight is 443 g/mol. The fourth-order valence-corrected chi connectivity index (χ4v) is 5.63. The molecule has 0 unspecified atom stereocenters.